The fourth-order valence-corrected chi connectivity index (χ4v) is 5.39. The summed E-state index contributed by atoms with van der Waals surface area (Å²) in [5.74, 6) is 2.60. The van der Waals surface area contributed by atoms with Gasteiger partial charge >= 0.3 is 0 Å². The molecule has 0 radical (unpaired) electrons. The van der Waals surface area contributed by atoms with Gasteiger partial charge in [0, 0.05) is 55.6 Å². The van der Waals surface area contributed by atoms with Crippen LogP contribution in [0, 0.1) is 12.3 Å². The van der Waals surface area contributed by atoms with Crippen molar-refractivity contribution >= 4 is 47.3 Å². The molecule has 0 bridgehead atoms. The molecule has 0 aliphatic carbocycles. The van der Waals surface area contributed by atoms with Crippen molar-refractivity contribution in [3.8, 4) is 23.6 Å². The number of fused-ring (bicyclic) bond motifs is 1. The molecule has 42 heavy (non-hydrogen) atoms. The Morgan fingerprint density at radius 2 is 1.98 bits per heavy atom. The fraction of sp³-hybridized carbons (Fsp3) is 0.333. The van der Waals surface area contributed by atoms with Gasteiger partial charge in [-0.15, -0.1) is 6.42 Å². The van der Waals surface area contributed by atoms with Crippen molar-refractivity contribution in [2.75, 3.05) is 30.7 Å². The molecule has 0 unspecified atom stereocenters. The highest BCUT2D eigenvalue weighted by atomic mass is 32.1. The van der Waals surface area contributed by atoms with Crippen molar-refractivity contribution in [1.82, 2.24) is 34.5 Å². The first-order valence-corrected chi connectivity index (χ1v) is 14.4. The third-order valence-corrected chi connectivity index (χ3v) is 7.46. The lowest BCUT2D eigenvalue weighted by molar-refractivity contribution is -0.131. The summed E-state index contributed by atoms with van der Waals surface area (Å²) in [6.07, 6.45) is 13.3. The summed E-state index contributed by atoms with van der Waals surface area (Å²) in [4.78, 5) is 50.0. The third kappa shape index (κ3) is 6.31. The molecular weight excluding hydrogens is 552 g/mol. The standard InChI is InChI=1S/C30H32N8O3S/c1-3-11-32-28(40)20-7-8-26-25(16-20)34-30(38(26)23-6-4-5-13-37(19-23)27(39)10-14-42)35-29(41)21-9-12-31-24(15-21)22-17-33-36(2)18-22/h1,7-9,12,15-18,23,42H,4-6,10-11,13-14,19H2,2H3,(H,32,40)(H,34,35,41)/t23-/m1/s1. The van der Waals surface area contributed by atoms with Crippen molar-refractivity contribution in [3.63, 3.8) is 0 Å². The number of hydrogen-bond acceptors (Lipinski definition) is 7. The van der Waals surface area contributed by atoms with Crippen LogP contribution in [0.15, 0.2) is 48.9 Å². The summed E-state index contributed by atoms with van der Waals surface area (Å²) in [7, 11) is 1.81. The molecule has 11 nitrogen and oxygen atoms in total. The number of aryl methyl sites for hydroxylation is 1. The lowest BCUT2D eigenvalue weighted by atomic mass is 10.1. The van der Waals surface area contributed by atoms with E-state index in [0.717, 1.165) is 30.3 Å². The number of pyridine rings is 1. The van der Waals surface area contributed by atoms with Crippen LogP contribution in [0.4, 0.5) is 5.95 Å². The number of imidazole rings is 1. The molecule has 1 fully saturated rings. The minimum atomic E-state index is -0.359. The number of thiol groups is 1. The monoisotopic (exact) mass is 584 g/mol. The van der Waals surface area contributed by atoms with E-state index in [4.69, 9.17) is 11.4 Å². The van der Waals surface area contributed by atoms with Gasteiger partial charge < -0.3 is 14.8 Å². The van der Waals surface area contributed by atoms with E-state index in [1.807, 2.05) is 28.8 Å². The fourth-order valence-electron chi connectivity index (χ4n) is 5.20. The number of likely N-dealkylation sites (tertiary alicyclic amines) is 1. The summed E-state index contributed by atoms with van der Waals surface area (Å²) in [5.41, 5.74) is 3.51. The average Bonchev–Trinajstić information content (AvgIpc) is 3.49. The Morgan fingerprint density at radius 1 is 1.14 bits per heavy atom. The highest BCUT2D eigenvalue weighted by Gasteiger charge is 2.27. The highest BCUT2D eigenvalue weighted by molar-refractivity contribution is 7.80. The molecule has 2 N–H and O–H groups in total. The molecule has 1 atom stereocenters. The Labute approximate surface area is 249 Å². The first kappa shape index (κ1) is 28.9. The van der Waals surface area contributed by atoms with Gasteiger partial charge in [0.1, 0.15) is 0 Å². The quantitative estimate of drug-likeness (QED) is 0.215. The van der Waals surface area contributed by atoms with Gasteiger partial charge in [-0.05, 0) is 55.3 Å². The van der Waals surface area contributed by atoms with E-state index in [2.05, 4.69) is 39.3 Å². The Kier molecular flexibility index (Phi) is 8.88. The molecule has 1 aromatic carbocycles. The third-order valence-electron chi connectivity index (χ3n) is 7.24. The number of nitrogens with one attached hydrogen (secondary N) is 2. The largest absolute Gasteiger partial charge is 0.341 e. The van der Waals surface area contributed by atoms with Crippen LogP contribution < -0.4 is 10.6 Å². The van der Waals surface area contributed by atoms with Crippen LogP contribution in [0.5, 0.6) is 0 Å². The normalized spacial score (nSPS) is 15.2. The lowest BCUT2D eigenvalue weighted by Crippen LogP contribution is -2.35. The van der Waals surface area contributed by atoms with Gasteiger partial charge in [-0.3, -0.25) is 29.4 Å². The van der Waals surface area contributed by atoms with E-state index in [0.29, 0.717) is 53.5 Å². The molecule has 4 aromatic rings. The van der Waals surface area contributed by atoms with Gasteiger partial charge in [0.15, 0.2) is 0 Å². The molecule has 3 aromatic heterocycles. The number of aromatic nitrogens is 5. The maximum absolute atomic E-state index is 13.6. The topological polar surface area (TPSA) is 127 Å². The van der Waals surface area contributed by atoms with Crippen molar-refractivity contribution < 1.29 is 14.4 Å². The molecule has 4 heterocycles. The maximum Gasteiger partial charge on any atom is 0.258 e. The van der Waals surface area contributed by atoms with E-state index in [1.165, 1.54) is 0 Å². The molecule has 1 aliphatic rings. The number of carbonyl (C=O) groups is 3. The summed E-state index contributed by atoms with van der Waals surface area (Å²) < 4.78 is 3.65. The number of rotatable bonds is 8. The van der Waals surface area contributed by atoms with Gasteiger partial charge in [-0.1, -0.05) is 5.92 Å². The molecular formula is C30H32N8O3S. The zero-order chi connectivity index (χ0) is 29.6. The average molecular weight is 585 g/mol. The molecule has 5 rings (SSSR count). The molecule has 216 valence electrons. The number of terminal acetylenes is 1. The second-order valence-corrected chi connectivity index (χ2v) is 10.6. The Hall–Kier alpha value is -4.63. The number of benzene rings is 1. The van der Waals surface area contributed by atoms with Gasteiger partial charge in [-0.2, -0.15) is 17.7 Å². The van der Waals surface area contributed by atoms with Crippen LogP contribution in [0.25, 0.3) is 22.3 Å². The van der Waals surface area contributed by atoms with Crippen LogP contribution in [0.2, 0.25) is 0 Å². The smallest absolute Gasteiger partial charge is 0.258 e. The van der Waals surface area contributed by atoms with Crippen LogP contribution >= 0.6 is 12.6 Å². The SMILES string of the molecule is C#CCNC(=O)c1ccc2c(c1)nc(NC(=O)c1ccnc(-c3cnn(C)c3)c1)n2[C@@H]1CCCCN(C(=O)CCS)C1. The number of anilines is 1. The number of nitrogens with zero attached hydrogens (tertiary/aromatic N) is 6. The number of amides is 3. The summed E-state index contributed by atoms with van der Waals surface area (Å²) >= 11 is 4.24. The molecule has 0 saturated carbocycles. The first-order valence-electron chi connectivity index (χ1n) is 13.8. The van der Waals surface area contributed by atoms with Gasteiger partial charge in [-0.25, -0.2) is 4.98 Å². The predicted octanol–water partition coefficient (Wildman–Crippen LogP) is 3.32. The second kappa shape index (κ2) is 12.9. The van der Waals surface area contributed by atoms with Gasteiger partial charge in [0.25, 0.3) is 11.8 Å². The van der Waals surface area contributed by atoms with Crippen LogP contribution in [-0.2, 0) is 11.8 Å². The summed E-state index contributed by atoms with van der Waals surface area (Å²) in [6.45, 7) is 1.26. The van der Waals surface area contributed by atoms with Crippen molar-refractivity contribution in [2.24, 2.45) is 7.05 Å². The minimum Gasteiger partial charge on any atom is -0.341 e. The van der Waals surface area contributed by atoms with Crippen molar-refractivity contribution in [3.05, 3.63) is 60.0 Å². The van der Waals surface area contributed by atoms with E-state index < -0.39 is 0 Å². The zero-order valence-corrected chi connectivity index (χ0v) is 24.2. The zero-order valence-electron chi connectivity index (χ0n) is 23.3. The Balaban J connectivity index is 1.52. The molecule has 12 heteroatoms. The molecule has 0 spiro atoms. The van der Waals surface area contributed by atoms with E-state index in [9.17, 15) is 14.4 Å². The Bertz CT molecular complexity index is 1670. The van der Waals surface area contributed by atoms with Gasteiger partial charge in [0.2, 0.25) is 11.9 Å². The molecule has 1 aliphatic heterocycles. The van der Waals surface area contributed by atoms with Crippen LogP contribution in [0.1, 0.15) is 52.4 Å². The second-order valence-electron chi connectivity index (χ2n) is 10.1. The van der Waals surface area contributed by atoms with E-state index >= 15 is 0 Å². The maximum atomic E-state index is 13.6. The van der Waals surface area contributed by atoms with Gasteiger partial charge in [0.05, 0.1) is 35.5 Å². The van der Waals surface area contributed by atoms with Crippen molar-refractivity contribution in [1.29, 1.82) is 0 Å². The van der Waals surface area contributed by atoms with Crippen LogP contribution in [0.3, 0.4) is 0 Å². The molecule has 3 amide bonds. The Morgan fingerprint density at radius 3 is 2.74 bits per heavy atom. The lowest BCUT2D eigenvalue weighted by Gasteiger charge is -2.27. The number of carbonyl (C=O) groups excluding carboxylic acids is 3. The summed E-state index contributed by atoms with van der Waals surface area (Å²) in [5, 5.41) is 9.85. The van der Waals surface area contributed by atoms with E-state index in [1.54, 1.807) is 41.3 Å². The van der Waals surface area contributed by atoms with Crippen LogP contribution in [-0.4, -0.2) is 72.3 Å². The molecule has 1 saturated heterocycles. The minimum absolute atomic E-state index is 0.0547. The first-order chi connectivity index (χ1) is 20.4. The van der Waals surface area contributed by atoms with E-state index in [-0.39, 0.29) is 30.3 Å². The number of hydrogen-bond donors (Lipinski definition) is 3. The predicted molar refractivity (Wildman–Crippen MR) is 163 cm³/mol. The van der Waals surface area contributed by atoms with Crippen molar-refractivity contribution in [2.45, 2.75) is 31.7 Å². The highest BCUT2D eigenvalue weighted by Crippen LogP contribution is 2.31. The summed E-state index contributed by atoms with van der Waals surface area (Å²) in [6, 6.07) is 8.42.